The van der Waals surface area contributed by atoms with E-state index in [2.05, 4.69) is 0 Å². The fourth-order valence-electron chi connectivity index (χ4n) is 2.79. The van der Waals surface area contributed by atoms with Gasteiger partial charge in [0.1, 0.15) is 4.32 Å². The summed E-state index contributed by atoms with van der Waals surface area (Å²) in [4.78, 5) is 15.0. The molecule has 2 aromatic rings. The Morgan fingerprint density at radius 3 is 2.54 bits per heavy atom. The van der Waals surface area contributed by atoms with Gasteiger partial charge in [0, 0.05) is 6.54 Å². The standard InChI is InChI=1S/C22H21NO3S2/c1-25-18-12-11-17(15-19(18)26-2)13-14-23-21(24)20(28-22(23)27)10-6-9-16-7-4-3-5-8-16/h3-12,15H,13-14H2,1-2H3/b9-6+,20-10-. The third-order valence-corrected chi connectivity index (χ3v) is 5.68. The van der Waals surface area contributed by atoms with Crippen molar-refractivity contribution < 1.29 is 14.3 Å². The molecule has 1 aliphatic rings. The molecule has 2 aromatic carbocycles. The van der Waals surface area contributed by atoms with Crippen LogP contribution >= 0.6 is 24.0 Å². The minimum absolute atomic E-state index is 0.0480. The average Bonchev–Trinajstić information content (AvgIpc) is 2.99. The number of benzene rings is 2. The number of thiocarbonyl (C=S) groups is 1. The van der Waals surface area contributed by atoms with Crippen LogP contribution in [0.3, 0.4) is 0 Å². The molecular weight excluding hydrogens is 390 g/mol. The first-order chi connectivity index (χ1) is 13.6. The fourth-order valence-corrected chi connectivity index (χ4v) is 4.05. The highest BCUT2D eigenvalue weighted by atomic mass is 32.2. The van der Waals surface area contributed by atoms with E-state index in [0.717, 1.165) is 11.1 Å². The van der Waals surface area contributed by atoms with Crippen LogP contribution in [0.25, 0.3) is 6.08 Å². The Bertz CT molecular complexity index is 923. The van der Waals surface area contributed by atoms with Gasteiger partial charge < -0.3 is 9.47 Å². The number of hydrogen-bond acceptors (Lipinski definition) is 5. The molecule has 144 valence electrons. The molecule has 0 unspecified atom stereocenters. The normalized spacial score (nSPS) is 15.6. The third kappa shape index (κ3) is 4.82. The van der Waals surface area contributed by atoms with Gasteiger partial charge in [0.15, 0.2) is 11.5 Å². The monoisotopic (exact) mass is 411 g/mol. The highest BCUT2D eigenvalue weighted by molar-refractivity contribution is 8.26. The Kier molecular flexibility index (Phi) is 6.90. The van der Waals surface area contributed by atoms with Crippen molar-refractivity contribution in [1.29, 1.82) is 0 Å². The van der Waals surface area contributed by atoms with Gasteiger partial charge in [0.05, 0.1) is 19.1 Å². The Morgan fingerprint density at radius 1 is 1.07 bits per heavy atom. The zero-order valence-electron chi connectivity index (χ0n) is 15.8. The molecule has 3 rings (SSSR count). The molecule has 1 saturated heterocycles. The summed E-state index contributed by atoms with van der Waals surface area (Å²) in [6, 6.07) is 15.7. The number of nitrogens with zero attached hydrogens (tertiary/aromatic N) is 1. The smallest absolute Gasteiger partial charge is 0.266 e. The van der Waals surface area contributed by atoms with E-state index in [0.29, 0.717) is 33.7 Å². The number of amides is 1. The summed E-state index contributed by atoms with van der Waals surface area (Å²) < 4.78 is 11.2. The molecule has 0 aromatic heterocycles. The van der Waals surface area contributed by atoms with E-state index in [1.165, 1.54) is 11.8 Å². The summed E-state index contributed by atoms with van der Waals surface area (Å²) >= 11 is 6.74. The predicted octanol–water partition coefficient (Wildman–Crippen LogP) is 4.70. The second-order valence-corrected chi connectivity index (χ2v) is 7.74. The first kappa shape index (κ1) is 20.2. The van der Waals surface area contributed by atoms with Crippen LogP contribution in [0.4, 0.5) is 0 Å². The molecule has 0 saturated carbocycles. The van der Waals surface area contributed by atoms with Crippen LogP contribution in [0.1, 0.15) is 11.1 Å². The van der Waals surface area contributed by atoms with Crippen molar-refractivity contribution in [1.82, 2.24) is 4.90 Å². The highest BCUT2D eigenvalue weighted by Gasteiger charge is 2.31. The Balaban J connectivity index is 1.64. The van der Waals surface area contributed by atoms with Crippen molar-refractivity contribution in [3.05, 3.63) is 76.7 Å². The quantitative estimate of drug-likeness (QED) is 0.488. The number of methoxy groups -OCH3 is 2. The van der Waals surface area contributed by atoms with E-state index in [9.17, 15) is 4.79 Å². The summed E-state index contributed by atoms with van der Waals surface area (Å²) in [5.74, 6) is 1.31. The number of thioether (sulfide) groups is 1. The molecule has 0 radical (unpaired) electrons. The number of carbonyl (C=O) groups is 1. The molecule has 6 heteroatoms. The van der Waals surface area contributed by atoms with Gasteiger partial charge in [0.25, 0.3) is 5.91 Å². The van der Waals surface area contributed by atoms with Crippen molar-refractivity contribution in [2.45, 2.75) is 6.42 Å². The van der Waals surface area contributed by atoms with Gasteiger partial charge in [-0.3, -0.25) is 9.69 Å². The lowest BCUT2D eigenvalue weighted by molar-refractivity contribution is -0.122. The van der Waals surface area contributed by atoms with Crippen LogP contribution in [0.5, 0.6) is 11.5 Å². The summed E-state index contributed by atoms with van der Waals surface area (Å²) in [5.41, 5.74) is 2.14. The zero-order valence-corrected chi connectivity index (χ0v) is 17.4. The molecule has 0 spiro atoms. The van der Waals surface area contributed by atoms with Gasteiger partial charge in [-0.15, -0.1) is 0 Å². The largest absolute Gasteiger partial charge is 0.493 e. The predicted molar refractivity (Wildman–Crippen MR) is 119 cm³/mol. The van der Waals surface area contributed by atoms with Crippen LogP contribution in [-0.2, 0) is 11.2 Å². The van der Waals surface area contributed by atoms with Crippen molar-refractivity contribution >= 4 is 40.3 Å². The van der Waals surface area contributed by atoms with Gasteiger partial charge in [-0.05, 0) is 35.8 Å². The van der Waals surface area contributed by atoms with Crippen LogP contribution in [-0.4, -0.2) is 35.9 Å². The molecule has 1 amide bonds. The molecule has 4 nitrogen and oxygen atoms in total. The molecule has 1 heterocycles. The van der Waals surface area contributed by atoms with Crippen LogP contribution in [0, 0.1) is 0 Å². The maximum atomic E-state index is 12.7. The van der Waals surface area contributed by atoms with E-state index in [-0.39, 0.29) is 5.91 Å². The average molecular weight is 412 g/mol. The highest BCUT2D eigenvalue weighted by Crippen LogP contribution is 2.32. The van der Waals surface area contributed by atoms with E-state index in [4.69, 9.17) is 21.7 Å². The van der Waals surface area contributed by atoms with Crippen molar-refractivity contribution in [2.24, 2.45) is 0 Å². The first-order valence-electron chi connectivity index (χ1n) is 8.80. The molecule has 0 atom stereocenters. The van der Waals surface area contributed by atoms with Gasteiger partial charge in [-0.2, -0.15) is 0 Å². The van der Waals surface area contributed by atoms with Crippen molar-refractivity contribution in [3.8, 4) is 11.5 Å². The number of ether oxygens (including phenoxy) is 2. The third-order valence-electron chi connectivity index (χ3n) is 4.28. The maximum Gasteiger partial charge on any atom is 0.266 e. The minimum atomic E-state index is -0.0480. The van der Waals surface area contributed by atoms with E-state index < -0.39 is 0 Å². The number of allylic oxidation sites excluding steroid dienone is 2. The van der Waals surface area contributed by atoms with Crippen molar-refractivity contribution in [2.75, 3.05) is 20.8 Å². The van der Waals surface area contributed by atoms with Gasteiger partial charge in [-0.25, -0.2) is 0 Å². The lowest BCUT2D eigenvalue weighted by atomic mass is 10.1. The summed E-state index contributed by atoms with van der Waals surface area (Å²) in [5, 5.41) is 0. The first-order valence-corrected chi connectivity index (χ1v) is 10.0. The number of rotatable bonds is 7. The molecule has 1 aliphatic heterocycles. The second-order valence-electron chi connectivity index (χ2n) is 6.06. The van der Waals surface area contributed by atoms with Gasteiger partial charge >= 0.3 is 0 Å². The lowest BCUT2D eigenvalue weighted by Gasteiger charge is -2.15. The Morgan fingerprint density at radius 2 is 1.82 bits per heavy atom. The zero-order chi connectivity index (χ0) is 19.9. The van der Waals surface area contributed by atoms with Crippen LogP contribution < -0.4 is 9.47 Å². The molecule has 0 N–H and O–H groups in total. The lowest BCUT2D eigenvalue weighted by Crippen LogP contribution is -2.30. The van der Waals surface area contributed by atoms with E-state index in [1.54, 1.807) is 19.1 Å². The topological polar surface area (TPSA) is 38.8 Å². The Labute approximate surface area is 174 Å². The SMILES string of the molecule is COc1ccc(CCN2C(=O)/C(=C/C=C/c3ccccc3)SC2=S)cc1OC. The second kappa shape index (κ2) is 9.57. The molecule has 28 heavy (non-hydrogen) atoms. The number of hydrogen-bond donors (Lipinski definition) is 0. The molecule has 0 bridgehead atoms. The van der Waals surface area contributed by atoms with Crippen LogP contribution in [0.2, 0.25) is 0 Å². The van der Waals surface area contributed by atoms with Gasteiger partial charge in [-0.1, -0.05) is 72.5 Å². The summed E-state index contributed by atoms with van der Waals surface area (Å²) in [6.45, 7) is 0.528. The fraction of sp³-hybridized carbons (Fsp3) is 0.182. The van der Waals surface area contributed by atoms with Crippen molar-refractivity contribution in [3.63, 3.8) is 0 Å². The molecule has 1 fully saturated rings. The van der Waals surface area contributed by atoms with E-state index in [1.807, 2.05) is 66.8 Å². The number of carbonyl (C=O) groups excluding carboxylic acids is 1. The molecular formula is C22H21NO3S2. The minimum Gasteiger partial charge on any atom is -0.493 e. The maximum absolute atomic E-state index is 12.7. The van der Waals surface area contributed by atoms with E-state index >= 15 is 0 Å². The Hall–Kier alpha value is -2.57. The van der Waals surface area contributed by atoms with Crippen LogP contribution in [0.15, 0.2) is 65.6 Å². The van der Waals surface area contributed by atoms with Gasteiger partial charge in [0.2, 0.25) is 0 Å². The molecule has 0 aliphatic carbocycles. The summed E-state index contributed by atoms with van der Waals surface area (Å²) in [6.07, 6.45) is 6.36. The summed E-state index contributed by atoms with van der Waals surface area (Å²) in [7, 11) is 3.22.